The van der Waals surface area contributed by atoms with Crippen molar-refractivity contribution in [2.24, 2.45) is 7.05 Å². The van der Waals surface area contributed by atoms with Gasteiger partial charge >= 0.3 is 6.09 Å². The maximum Gasteiger partial charge on any atom is 0.410 e. The third-order valence-corrected chi connectivity index (χ3v) is 6.13. The summed E-state index contributed by atoms with van der Waals surface area (Å²) >= 11 is 3.52. The molecule has 8 nitrogen and oxygen atoms in total. The molecule has 0 bridgehead atoms. The molecule has 0 unspecified atom stereocenters. The number of nitrogens with zero attached hydrogens (tertiary/aromatic N) is 6. The first kappa shape index (κ1) is 22.1. The van der Waals surface area contributed by atoms with E-state index in [0.29, 0.717) is 26.2 Å². The van der Waals surface area contributed by atoms with Crippen LogP contribution in [0.4, 0.5) is 10.6 Å². The van der Waals surface area contributed by atoms with Crippen molar-refractivity contribution in [3.63, 3.8) is 0 Å². The van der Waals surface area contributed by atoms with Gasteiger partial charge in [0.2, 0.25) is 0 Å². The number of hydrogen-bond acceptors (Lipinski definition) is 5. The first-order chi connectivity index (χ1) is 15.5. The van der Waals surface area contributed by atoms with E-state index in [1.807, 2.05) is 54.5 Å². The van der Waals surface area contributed by atoms with Crippen LogP contribution in [0.2, 0.25) is 0 Å². The van der Waals surface area contributed by atoms with Crippen LogP contribution in [0.1, 0.15) is 23.6 Å². The number of amides is 1. The van der Waals surface area contributed by atoms with Gasteiger partial charge in [-0.1, -0.05) is 36.9 Å². The van der Waals surface area contributed by atoms with Crippen molar-refractivity contribution in [3.8, 4) is 0 Å². The van der Waals surface area contributed by atoms with Crippen LogP contribution >= 0.6 is 15.9 Å². The van der Waals surface area contributed by atoms with Crippen molar-refractivity contribution >= 4 is 33.4 Å². The van der Waals surface area contributed by atoms with Crippen LogP contribution in [0, 0.1) is 0 Å². The lowest BCUT2D eigenvalue weighted by atomic mass is 10.0. The lowest BCUT2D eigenvalue weighted by Gasteiger charge is -2.34. The minimum absolute atomic E-state index is 0.281. The summed E-state index contributed by atoms with van der Waals surface area (Å²) in [5.41, 5.74) is 3.76. The van der Waals surface area contributed by atoms with Crippen LogP contribution in [0.25, 0.3) is 5.57 Å². The van der Waals surface area contributed by atoms with Crippen molar-refractivity contribution < 1.29 is 9.53 Å². The largest absolute Gasteiger partial charge is 0.445 e. The number of carbonyl (C=O) groups excluding carboxylic acids is 1. The molecule has 3 heterocycles. The third kappa shape index (κ3) is 4.72. The quantitative estimate of drug-likeness (QED) is 0.515. The molecule has 2 aromatic heterocycles. The SMILES string of the molecule is C=C(c1cn(C)nc1Br)c1cn(CC)nc1N1CCN(C(=O)OCc2ccccc2)CC1. The standard InChI is InChI=1S/C23H27BrN6O2/c1-4-30-15-20(17(2)19-14-27(3)25-21(19)24)22(26-30)28-10-12-29(13-11-28)23(31)32-16-18-8-6-5-7-9-18/h5-9,14-15H,2,4,10-13,16H2,1,3H3. The first-order valence-electron chi connectivity index (χ1n) is 10.6. The summed E-state index contributed by atoms with van der Waals surface area (Å²) in [6.45, 7) is 9.94. The van der Waals surface area contributed by atoms with Gasteiger partial charge in [0.25, 0.3) is 0 Å². The lowest BCUT2D eigenvalue weighted by molar-refractivity contribution is 0.0941. The summed E-state index contributed by atoms with van der Waals surface area (Å²) in [5, 5.41) is 9.15. The van der Waals surface area contributed by atoms with Gasteiger partial charge in [0.1, 0.15) is 11.2 Å². The summed E-state index contributed by atoms with van der Waals surface area (Å²) in [6, 6.07) is 9.72. The number of aromatic nitrogens is 4. The van der Waals surface area contributed by atoms with Crippen molar-refractivity contribution in [3.05, 3.63) is 70.6 Å². The fourth-order valence-corrected chi connectivity index (χ4v) is 4.33. The maximum absolute atomic E-state index is 12.5. The molecule has 3 aromatic rings. The molecule has 0 atom stereocenters. The molecule has 1 amide bonds. The minimum atomic E-state index is -0.281. The van der Waals surface area contributed by atoms with Crippen LogP contribution in [0.5, 0.6) is 0 Å². The zero-order valence-electron chi connectivity index (χ0n) is 18.4. The Labute approximate surface area is 196 Å². The Balaban J connectivity index is 1.43. The van der Waals surface area contributed by atoms with Gasteiger partial charge in [0.05, 0.1) is 0 Å². The predicted molar refractivity (Wildman–Crippen MR) is 127 cm³/mol. The highest BCUT2D eigenvalue weighted by Crippen LogP contribution is 2.33. The topological polar surface area (TPSA) is 68.4 Å². The highest BCUT2D eigenvalue weighted by atomic mass is 79.9. The molecule has 1 fully saturated rings. The molecular weight excluding hydrogens is 472 g/mol. The van der Waals surface area contributed by atoms with Gasteiger partial charge in [-0.2, -0.15) is 10.2 Å². The average Bonchev–Trinajstić information content (AvgIpc) is 3.40. The van der Waals surface area contributed by atoms with E-state index >= 15 is 0 Å². The van der Waals surface area contributed by atoms with Gasteiger partial charge in [-0.3, -0.25) is 9.36 Å². The van der Waals surface area contributed by atoms with Crippen LogP contribution < -0.4 is 4.90 Å². The third-order valence-electron chi connectivity index (χ3n) is 5.54. The van der Waals surface area contributed by atoms with Crippen molar-refractivity contribution in [2.45, 2.75) is 20.1 Å². The monoisotopic (exact) mass is 498 g/mol. The van der Waals surface area contributed by atoms with Gasteiger partial charge in [-0.05, 0) is 34.0 Å². The molecule has 0 saturated carbocycles. The van der Waals surface area contributed by atoms with Gasteiger partial charge < -0.3 is 14.5 Å². The number of aryl methyl sites for hydroxylation is 2. The fourth-order valence-electron chi connectivity index (χ4n) is 3.74. The number of rotatable bonds is 6. The second-order valence-electron chi connectivity index (χ2n) is 7.72. The van der Waals surface area contributed by atoms with E-state index in [9.17, 15) is 4.79 Å². The molecule has 0 N–H and O–H groups in total. The first-order valence-corrected chi connectivity index (χ1v) is 11.4. The number of hydrogen-bond donors (Lipinski definition) is 0. The maximum atomic E-state index is 12.5. The molecule has 168 valence electrons. The Morgan fingerprint density at radius 2 is 1.81 bits per heavy atom. The average molecular weight is 499 g/mol. The second kappa shape index (κ2) is 9.60. The lowest BCUT2D eigenvalue weighted by Crippen LogP contribution is -2.49. The minimum Gasteiger partial charge on any atom is -0.445 e. The predicted octanol–water partition coefficient (Wildman–Crippen LogP) is 3.92. The second-order valence-corrected chi connectivity index (χ2v) is 8.47. The van der Waals surface area contributed by atoms with Gasteiger partial charge in [0.15, 0.2) is 5.82 Å². The summed E-state index contributed by atoms with van der Waals surface area (Å²) in [6.07, 6.45) is 3.69. The Bertz CT molecular complexity index is 1100. The van der Waals surface area contributed by atoms with Crippen molar-refractivity contribution in [1.82, 2.24) is 24.5 Å². The van der Waals surface area contributed by atoms with E-state index in [1.54, 1.807) is 9.58 Å². The Morgan fingerprint density at radius 1 is 1.09 bits per heavy atom. The van der Waals surface area contributed by atoms with Crippen LogP contribution in [0.3, 0.4) is 0 Å². The molecule has 9 heteroatoms. The molecule has 1 saturated heterocycles. The number of ether oxygens (including phenoxy) is 1. The van der Waals surface area contributed by atoms with E-state index in [1.165, 1.54) is 0 Å². The van der Waals surface area contributed by atoms with E-state index in [0.717, 1.165) is 39.2 Å². The van der Waals surface area contributed by atoms with Gasteiger partial charge in [0, 0.05) is 63.3 Å². The van der Waals surface area contributed by atoms with E-state index in [-0.39, 0.29) is 12.7 Å². The zero-order valence-corrected chi connectivity index (χ0v) is 20.0. The molecule has 0 spiro atoms. The molecule has 32 heavy (non-hydrogen) atoms. The van der Waals surface area contributed by atoms with Crippen LogP contribution in [-0.4, -0.2) is 56.7 Å². The van der Waals surface area contributed by atoms with Crippen molar-refractivity contribution in [1.29, 1.82) is 0 Å². The summed E-state index contributed by atoms with van der Waals surface area (Å²) in [4.78, 5) is 16.5. The number of halogens is 1. The molecule has 1 aromatic carbocycles. The van der Waals surface area contributed by atoms with Gasteiger partial charge in [-0.15, -0.1) is 0 Å². The smallest absolute Gasteiger partial charge is 0.410 e. The molecule has 0 radical (unpaired) electrons. The highest BCUT2D eigenvalue weighted by Gasteiger charge is 2.27. The Kier molecular flexibility index (Phi) is 6.64. The van der Waals surface area contributed by atoms with Gasteiger partial charge in [-0.25, -0.2) is 4.79 Å². The normalized spacial score (nSPS) is 14.0. The fraction of sp³-hybridized carbons (Fsp3) is 0.348. The molecular formula is C23H27BrN6O2. The Morgan fingerprint density at radius 3 is 2.44 bits per heavy atom. The molecule has 1 aliphatic heterocycles. The summed E-state index contributed by atoms with van der Waals surface area (Å²) < 4.78 is 9.92. The zero-order chi connectivity index (χ0) is 22.7. The Hall–Kier alpha value is -3.07. The molecule has 4 rings (SSSR count). The summed E-state index contributed by atoms with van der Waals surface area (Å²) in [5.74, 6) is 0.880. The molecule has 0 aliphatic carbocycles. The van der Waals surface area contributed by atoms with E-state index in [2.05, 4.69) is 39.4 Å². The number of carbonyl (C=O) groups is 1. The van der Waals surface area contributed by atoms with Crippen LogP contribution in [0.15, 0.2) is 53.9 Å². The summed E-state index contributed by atoms with van der Waals surface area (Å²) in [7, 11) is 1.88. The van der Waals surface area contributed by atoms with Crippen molar-refractivity contribution in [2.75, 3.05) is 31.1 Å². The highest BCUT2D eigenvalue weighted by molar-refractivity contribution is 9.10. The number of piperazine rings is 1. The number of anilines is 1. The van der Waals surface area contributed by atoms with Crippen LogP contribution in [-0.2, 0) is 24.9 Å². The van der Waals surface area contributed by atoms with E-state index in [4.69, 9.17) is 9.84 Å². The number of benzene rings is 1. The van der Waals surface area contributed by atoms with E-state index < -0.39 is 0 Å². The molecule has 1 aliphatic rings.